The molecule has 0 aliphatic rings. The molecule has 5 heteroatoms. The molecule has 4 nitrogen and oxygen atoms in total. The summed E-state index contributed by atoms with van der Waals surface area (Å²) in [6.45, 7) is 2.09. The first kappa shape index (κ1) is 14.8. The number of hydrogen-bond donors (Lipinski definition) is 1. The minimum atomic E-state index is 0.0663. The second-order valence-electron chi connectivity index (χ2n) is 4.95. The molecule has 0 aliphatic heterocycles. The molecule has 1 heterocycles. The van der Waals surface area contributed by atoms with Crippen molar-refractivity contribution in [3.8, 4) is 11.5 Å². The van der Waals surface area contributed by atoms with E-state index in [0.717, 1.165) is 28.0 Å². The molecular formula is C17H16N2O2S. The summed E-state index contributed by atoms with van der Waals surface area (Å²) >= 11 is 1.51. The van der Waals surface area contributed by atoms with Gasteiger partial charge in [0.05, 0.1) is 6.61 Å². The third-order valence-electron chi connectivity index (χ3n) is 3.35. The van der Waals surface area contributed by atoms with Crippen molar-refractivity contribution in [2.75, 3.05) is 0 Å². The minimum absolute atomic E-state index is 0.0663. The molecule has 0 fully saturated rings. The molecule has 0 aliphatic carbocycles. The van der Waals surface area contributed by atoms with E-state index in [1.807, 2.05) is 55.5 Å². The lowest BCUT2D eigenvalue weighted by molar-refractivity contribution is 0.282. The average Bonchev–Trinajstić information content (AvgIpc) is 3.02. The maximum atomic E-state index is 9.03. The van der Waals surface area contributed by atoms with Gasteiger partial charge in [-0.3, -0.25) is 0 Å². The van der Waals surface area contributed by atoms with Gasteiger partial charge in [0.1, 0.15) is 0 Å². The number of thioether (sulfide) groups is 1. The maximum absolute atomic E-state index is 9.03. The van der Waals surface area contributed by atoms with Crippen molar-refractivity contribution in [3.63, 3.8) is 0 Å². The van der Waals surface area contributed by atoms with Crippen LogP contribution in [0.1, 0.15) is 16.7 Å². The summed E-state index contributed by atoms with van der Waals surface area (Å²) in [7, 11) is 0. The van der Waals surface area contributed by atoms with E-state index >= 15 is 0 Å². The second kappa shape index (κ2) is 6.77. The maximum Gasteiger partial charge on any atom is 0.277 e. The van der Waals surface area contributed by atoms with E-state index < -0.39 is 0 Å². The highest BCUT2D eigenvalue weighted by molar-refractivity contribution is 7.98. The van der Waals surface area contributed by atoms with Crippen molar-refractivity contribution in [1.82, 2.24) is 10.2 Å². The number of nitrogens with zero attached hydrogens (tertiary/aromatic N) is 2. The third kappa shape index (κ3) is 3.37. The fraction of sp³-hybridized carbons (Fsp3) is 0.176. The Morgan fingerprint density at radius 2 is 1.73 bits per heavy atom. The van der Waals surface area contributed by atoms with Gasteiger partial charge in [0.25, 0.3) is 5.22 Å². The van der Waals surface area contributed by atoms with Crippen LogP contribution in [0.2, 0.25) is 0 Å². The number of aryl methyl sites for hydroxylation is 1. The fourth-order valence-corrected chi connectivity index (χ4v) is 2.79. The number of rotatable bonds is 5. The van der Waals surface area contributed by atoms with E-state index in [-0.39, 0.29) is 6.61 Å². The van der Waals surface area contributed by atoms with Crippen LogP contribution >= 0.6 is 11.8 Å². The molecule has 22 heavy (non-hydrogen) atoms. The molecule has 3 aromatic rings. The summed E-state index contributed by atoms with van der Waals surface area (Å²) in [6, 6.07) is 15.8. The molecule has 0 radical (unpaired) electrons. The predicted molar refractivity (Wildman–Crippen MR) is 86.4 cm³/mol. The van der Waals surface area contributed by atoms with Gasteiger partial charge in [0.15, 0.2) is 0 Å². The van der Waals surface area contributed by atoms with Gasteiger partial charge in [0, 0.05) is 11.3 Å². The fourth-order valence-electron chi connectivity index (χ4n) is 2.08. The molecule has 0 saturated heterocycles. The van der Waals surface area contributed by atoms with Crippen molar-refractivity contribution >= 4 is 11.8 Å². The first-order valence-corrected chi connectivity index (χ1v) is 7.96. The third-order valence-corrected chi connectivity index (χ3v) is 4.24. The summed E-state index contributed by atoms with van der Waals surface area (Å²) in [5.41, 5.74) is 4.14. The predicted octanol–water partition coefficient (Wildman–Crippen LogP) is 3.83. The highest BCUT2D eigenvalue weighted by atomic mass is 32.2. The normalized spacial score (nSPS) is 10.8. The van der Waals surface area contributed by atoms with Crippen molar-refractivity contribution in [2.45, 2.75) is 24.5 Å². The zero-order valence-electron chi connectivity index (χ0n) is 12.2. The Kier molecular flexibility index (Phi) is 4.56. The first-order chi connectivity index (χ1) is 10.8. The smallest absolute Gasteiger partial charge is 0.277 e. The molecule has 1 aromatic heterocycles. The molecule has 2 aromatic carbocycles. The van der Waals surface area contributed by atoms with E-state index in [1.54, 1.807) is 0 Å². The Hall–Kier alpha value is -2.11. The van der Waals surface area contributed by atoms with Crippen molar-refractivity contribution in [2.24, 2.45) is 0 Å². The van der Waals surface area contributed by atoms with E-state index in [2.05, 4.69) is 10.2 Å². The van der Waals surface area contributed by atoms with Gasteiger partial charge in [0.2, 0.25) is 5.89 Å². The van der Waals surface area contributed by atoms with E-state index in [4.69, 9.17) is 9.52 Å². The van der Waals surface area contributed by atoms with E-state index in [0.29, 0.717) is 11.1 Å². The molecule has 0 saturated carbocycles. The van der Waals surface area contributed by atoms with Crippen molar-refractivity contribution in [1.29, 1.82) is 0 Å². The standard InChI is InChI=1S/C17H16N2O2S/c1-12-4-2-3-5-15(12)16-18-19-17(21-16)22-11-14-8-6-13(10-20)7-9-14/h2-9,20H,10-11H2,1H3. The molecule has 0 unspecified atom stereocenters. The van der Waals surface area contributed by atoms with E-state index in [1.165, 1.54) is 11.8 Å². The second-order valence-corrected chi connectivity index (χ2v) is 5.88. The zero-order valence-corrected chi connectivity index (χ0v) is 13.0. The van der Waals surface area contributed by atoms with Gasteiger partial charge in [-0.05, 0) is 29.7 Å². The number of benzene rings is 2. The van der Waals surface area contributed by atoms with Gasteiger partial charge < -0.3 is 9.52 Å². The zero-order chi connectivity index (χ0) is 15.4. The molecule has 1 N–H and O–H groups in total. The average molecular weight is 312 g/mol. The van der Waals surface area contributed by atoms with Gasteiger partial charge in [-0.25, -0.2) is 0 Å². The summed E-state index contributed by atoms with van der Waals surface area (Å²) in [5.74, 6) is 1.30. The Labute approximate surface area is 133 Å². The van der Waals surface area contributed by atoms with Crippen LogP contribution in [0.15, 0.2) is 58.2 Å². The summed E-state index contributed by atoms with van der Waals surface area (Å²) < 4.78 is 5.72. The van der Waals surface area contributed by atoms with Gasteiger partial charge >= 0.3 is 0 Å². The monoisotopic (exact) mass is 312 g/mol. The Balaban J connectivity index is 1.68. The van der Waals surface area contributed by atoms with Crippen LogP contribution in [-0.2, 0) is 12.4 Å². The quantitative estimate of drug-likeness (QED) is 0.726. The molecule has 0 bridgehead atoms. The van der Waals surface area contributed by atoms with Crippen molar-refractivity contribution < 1.29 is 9.52 Å². The summed E-state index contributed by atoms with van der Waals surface area (Å²) in [5, 5.41) is 17.8. The van der Waals surface area contributed by atoms with Crippen LogP contribution < -0.4 is 0 Å². The van der Waals surface area contributed by atoms with Crippen LogP contribution in [0.4, 0.5) is 0 Å². The number of hydrogen-bond acceptors (Lipinski definition) is 5. The molecular weight excluding hydrogens is 296 g/mol. The summed E-state index contributed by atoms with van der Waals surface area (Å²) in [4.78, 5) is 0. The van der Waals surface area contributed by atoms with Gasteiger partial charge in [-0.2, -0.15) is 0 Å². The SMILES string of the molecule is Cc1ccccc1-c1nnc(SCc2ccc(CO)cc2)o1. The van der Waals surface area contributed by atoms with Crippen LogP contribution in [0.5, 0.6) is 0 Å². The number of aliphatic hydroxyl groups excluding tert-OH is 1. The Morgan fingerprint density at radius 1 is 1.00 bits per heavy atom. The van der Waals surface area contributed by atoms with Crippen LogP contribution in [0.3, 0.4) is 0 Å². The highest BCUT2D eigenvalue weighted by Crippen LogP contribution is 2.27. The largest absolute Gasteiger partial charge is 0.411 e. The summed E-state index contributed by atoms with van der Waals surface area (Å²) in [6.07, 6.45) is 0. The van der Waals surface area contributed by atoms with Gasteiger partial charge in [-0.15, -0.1) is 10.2 Å². The molecule has 3 rings (SSSR count). The first-order valence-electron chi connectivity index (χ1n) is 6.97. The molecule has 0 spiro atoms. The van der Waals surface area contributed by atoms with Gasteiger partial charge in [-0.1, -0.05) is 54.2 Å². The molecule has 0 atom stereocenters. The van der Waals surface area contributed by atoms with Crippen LogP contribution in [0.25, 0.3) is 11.5 Å². The van der Waals surface area contributed by atoms with Crippen LogP contribution in [-0.4, -0.2) is 15.3 Å². The van der Waals surface area contributed by atoms with E-state index in [9.17, 15) is 0 Å². The lowest BCUT2D eigenvalue weighted by Gasteiger charge is -2.00. The Bertz CT molecular complexity index is 753. The van der Waals surface area contributed by atoms with Crippen LogP contribution in [0, 0.1) is 6.92 Å². The lowest BCUT2D eigenvalue weighted by Crippen LogP contribution is -1.85. The minimum Gasteiger partial charge on any atom is -0.411 e. The number of aliphatic hydroxyl groups is 1. The van der Waals surface area contributed by atoms with Crippen molar-refractivity contribution in [3.05, 3.63) is 65.2 Å². The number of aromatic nitrogens is 2. The lowest BCUT2D eigenvalue weighted by atomic mass is 10.1. The molecule has 112 valence electrons. The topological polar surface area (TPSA) is 59.2 Å². The highest BCUT2D eigenvalue weighted by Gasteiger charge is 2.10. The molecule has 0 amide bonds. The Morgan fingerprint density at radius 3 is 2.45 bits per heavy atom.